The number of hydrogen-bond donors (Lipinski definition) is 1. The molecule has 0 aliphatic carbocycles. The molecule has 0 saturated carbocycles. The molecule has 2 aromatic rings. The van der Waals surface area contributed by atoms with Crippen LogP contribution in [0.4, 0.5) is 0 Å². The predicted molar refractivity (Wildman–Crippen MR) is 109 cm³/mol. The quantitative estimate of drug-likeness (QED) is 0.211. The number of nitrogens with zero attached hydrogens (tertiary/aromatic N) is 1. The van der Waals surface area contributed by atoms with Gasteiger partial charge in [0.2, 0.25) is 0 Å². The Balaban J connectivity index is 1.90. The molecule has 0 bridgehead atoms. The SMILES string of the molecule is COCCNC(=O)/C(C#N)=C/c1ccc(OC(=O)COc2cccc(OC)c2)cc1. The molecule has 2 rings (SSSR count). The van der Waals surface area contributed by atoms with Crippen LogP contribution in [-0.2, 0) is 14.3 Å². The highest BCUT2D eigenvalue weighted by atomic mass is 16.6. The van der Waals surface area contributed by atoms with E-state index in [-0.39, 0.29) is 12.2 Å². The summed E-state index contributed by atoms with van der Waals surface area (Å²) in [7, 11) is 3.06. The number of esters is 1. The molecule has 0 aromatic heterocycles. The Kier molecular flexibility index (Phi) is 8.90. The number of ether oxygens (including phenoxy) is 4. The van der Waals surface area contributed by atoms with E-state index in [1.54, 1.807) is 55.6 Å². The van der Waals surface area contributed by atoms with Crippen LogP contribution in [0.3, 0.4) is 0 Å². The second-order valence-electron chi connectivity index (χ2n) is 5.93. The van der Waals surface area contributed by atoms with E-state index >= 15 is 0 Å². The smallest absolute Gasteiger partial charge is 0.349 e. The lowest BCUT2D eigenvalue weighted by molar-refractivity contribution is -0.136. The maximum absolute atomic E-state index is 12.0. The Morgan fingerprint density at radius 2 is 1.80 bits per heavy atom. The summed E-state index contributed by atoms with van der Waals surface area (Å²) in [5, 5.41) is 11.8. The molecule has 0 heterocycles. The average molecular weight is 410 g/mol. The van der Waals surface area contributed by atoms with Crippen molar-refractivity contribution < 1.29 is 28.5 Å². The molecule has 0 fully saturated rings. The lowest BCUT2D eigenvalue weighted by Gasteiger charge is -2.08. The van der Waals surface area contributed by atoms with Gasteiger partial charge in [0.25, 0.3) is 5.91 Å². The van der Waals surface area contributed by atoms with Crippen molar-refractivity contribution in [3.8, 4) is 23.3 Å². The summed E-state index contributed by atoms with van der Waals surface area (Å²) >= 11 is 0. The van der Waals surface area contributed by atoms with Crippen molar-refractivity contribution in [1.82, 2.24) is 5.32 Å². The van der Waals surface area contributed by atoms with Crippen molar-refractivity contribution in [1.29, 1.82) is 5.26 Å². The van der Waals surface area contributed by atoms with Gasteiger partial charge in [0.05, 0.1) is 13.7 Å². The maximum Gasteiger partial charge on any atom is 0.349 e. The minimum Gasteiger partial charge on any atom is -0.497 e. The molecule has 0 unspecified atom stereocenters. The zero-order chi connectivity index (χ0) is 21.8. The third-order valence-electron chi connectivity index (χ3n) is 3.78. The van der Waals surface area contributed by atoms with E-state index in [1.807, 2.05) is 6.07 Å². The molecule has 8 heteroatoms. The van der Waals surface area contributed by atoms with Gasteiger partial charge in [-0.05, 0) is 35.9 Å². The molecule has 0 atom stereocenters. The third kappa shape index (κ3) is 7.30. The number of carbonyl (C=O) groups excluding carboxylic acids is 2. The summed E-state index contributed by atoms with van der Waals surface area (Å²) in [5.74, 6) is 0.360. The van der Waals surface area contributed by atoms with Crippen molar-refractivity contribution in [2.75, 3.05) is 34.0 Å². The Labute approximate surface area is 174 Å². The molecule has 30 heavy (non-hydrogen) atoms. The third-order valence-corrected chi connectivity index (χ3v) is 3.78. The fourth-order valence-electron chi connectivity index (χ4n) is 2.30. The minimum absolute atomic E-state index is 0.0393. The summed E-state index contributed by atoms with van der Waals surface area (Å²) in [6, 6.07) is 15.1. The van der Waals surface area contributed by atoms with E-state index in [4.69, 9.17) is 18.9 Å². The Morgan fingerprint density at radius 1 is 1.07 bits per heavy atom. The highest BCUT2D eigenvalue weighted by Gasteiger charge is 2.09. The van der Waals surface area contributed by atoms with Gasteiger partial charge in [-0.15, -0.1) is 0 Å². The molecular weight excluding hydrogens is 388 g/mol. The largest absolute Gasteiger partial charge is 0.497 e. The van der Waals surface area contributed by atoms with Gasteiger partial charge in [0.15, 0.2) is 6.61 Å². The van der Waals surface area contributed by atoms with Crippen molar-refractivity contribution in [2.45, 2.75) is 0 Å². The fraction of sp³-hybridized carbons (Fsp3) is 0.227. The topological polar surface area (TPSA) is 107 Å². The number of rotatable bonds is 10. The Bertz CT molecular complexity index is 931. The van der Waals surface area contributed by atoms with Gasteiger partial charge < -0.3 is 24.3 Å². The summed E-state index contributed by atoms with van der Waals surface area (Å²) in [6.45, 7) is 0.391. The van der Waals surface area contributed by atoms with Gasteiger partial charge >= 0.3 is 5.97 Å². The predicted octanol–water partition coefficient (Wildman–Crippen LogP) is 2.35. The first kappa shape index (κ1) is 22.5. The van der Waals surface area contributed by atoms with Gasteiger partial charge in [0, 0.05) is 19.7 Å². The van der Waals surface area contributed by atoms with Crippen LogP contribution in [0.15, 0.2) is 54.1 Å². The van der Waals surface area contributed by atoms with Crippen LogP contribution in [0, 0.1) is 11.3 Å². The second-order valence-corrected chi connectivity index (χ2v) is 5.93. The van der Waals surface area contributed by atoms with Crippen LogP contribution < -0.4 is 19.5 Å². The van der Waals surface area contributed by atoms with Crippen LogP contribution >= 0.6 is 0 Å². The van der Waals surface area contributed by atoms with E-state index < -0.39 is 11.9 Å². The lowest BCUT2D eigenvalue weighted by Crippen LogP contribution is -2.27. The zero-order valence-corrected chi connectivity index (χ0v) is 16.7. The summed E-state index contributed by atoms with van der Waals surface area (Å²) in [6.07, 6.45) is 1.44. The van der Waals surface area contributed by atoms with Crippen LogP contribution in [-0.4, -0.2) is 45.9 Å². The molecule has 8 nitrogen and oxygen atoms in total. The number of amides is 1. The molecular formula is C22H22N2O6. The highest BCUT2D eigenvalue weighted by molar-refractivity contribution is 6.01. The Morgan fingerprint density at radius 3 is 2.47 bits per heavy atom. The van der Waals surface area contributed by atoms with Gasteiger partial charge in [-0.2, -0.15) is 5.26 Å². The number of nitrogens with one attached hydrogen (secondary N) is 1. The number of benzene rings is 2. The number of methoxy groups -OCH3 is 2. The number of nitriles is 1. The van der Waals surface area contributed by atoms with E-state index in [0.29, 0.717) is 36.0 Å². The first-order valence-electron chi connectivity index (χ1n) is 9.02. The normalized spacial score (nSPS) is 10.6. The molecule has 156 valence electrons. The first-order chi connectivity index (χ1) is 14.5. The molecule has 0 radical (unpaired) electrons. The Hall–Kier alpha value is -3.83. The van der Waals surface area contributed by atoms with Crippen LogP contribution in [0.25, 0.3) is 6.08 Å². The molecule has 0 spiro atoms. The zero-order valence-electron chi connectivity index (χ0n) is 16.7. The van der Waals surface area contributed by atoms with E-state index in [2.05, 4.69) is 5.32 Å². The molecule has 0 aliphatic heterocycles. The molecule has 2 aromatic carbocycles. The van der Waals surface area contributed by atoms with Crippen LogP contribution in [0.5, 0.6) is 17.2 Å². The average Bonchev–Trinajstić information content (AvgIpc) is 2.77. The van der Waals surface area contributed by atoms with Gasteiger partial charge in [-0.3, -0.25) is 4.79 Å². The highest BCUT2D eigenvalue weighted by Crippen LogP contribution is 2.19. The standard InChI is InChI=1S/C22H22N2O6/c1-27-11-10-24-22(26)17(14-23)12-16-6-8-18(9-7-16)30-21(25)15-29-20-5-3-4-19(13-20)28-2/h3-9,12-13H,10-11,15H2,1-2H3,(H,24,26)/b17-12+. The molecule has 0 saturated heterocycles. The van der Waals surface area contributed by atoms with Crippen molar-refractivity contribution in [2.24, 2.45) is 0 Å². The number of hydrogen-bond acceptors (Lipinski definition) is 7. The lowest BCUT2D eigenvalue weighted by atomic mass is 10.1. The van der Waals surface area contributed by atoms with Crippen molar-refractivity contribution in [3.63, 3.8) is 0 Å². The fourth-order valence-corrected chi connectivity index (χ4v) is 2.30. The minimum atomic E-state index is -0.573. The van der Waals surface area contributed by atoms with Crippen LogP contribution in [0.2, 0.25) is 0 Å². The van der Waals surface area contributed by atoms with Gasteiger partial charge in [-0.1, -0.05) is 18.2 Å². The van der Waals surface area contributed by atoms with Crippen molar-refractivity contribution >= 4 is 18.0 Å². The molecule has 1 N–H and O–H groups in total. The van der Waals surface area contributed by atoms with Crippen molar-refractivity contribution in [3.05, 3.63) is 59.7 Å². The first-order valence-corrected chi connectivity index (χ1v) is 9.02. The van der Waals surface area contributed by atoms with E-state index in [0.717, 1.165) is 0 Å². The van der Waals surface area contributed by atoms with Gasteiger partial charge in [-0.25, -0.2) is 4.79 Å². The van der Waals surface area contributed by atoms with E-state index in [9.17, 15) is 14.9 Å². The maximum atomic E-state index is 12.0. The summed E-state index contributed by atoms with van der Waals surface area (Å²) < 4.78 is 20.5. The van der Waals surface area contributed by atoms with Crippen LogP contribution in [0.1, 0.15) is 5.56 Å². The monoisotopic (exact) mass is 410 g/mol. The van der Waals surface area contributed by atoms with E-state index in [1.165, 1.54) is 13.2 Å². The summed E-state index contributed by atoms with van der Waals surface area (Å²) in [4.78, 5) is 23.9. The molecule has 0 aliphatic rings. The number of carbonyl (C=O) groups is 2. The molecule has 1 amide bonds. The second kappa shape index (κ2) is 11.9. The van der Waals surface area contributed by atoms with Gasteiger partial charge in [0.1, 0.15) is 28.9 Å². The summed E-state index contributed by atoms with van der Waals surface area (Å²) in [5.41, 5.74) is 0.573.